The molecule has 72 valence electrons. The number of nitrogens with two attached hydrogens (primary N) is 1. The van der Waals surface area contributed by atoms with E-state index in [4.69, 9.17) is 5.73 Å². The highest BCUT2D eigenvalue weighted by molar-refractivity contribution is 5.78. The van der Waals surface area contributed by atoms with Crippen molar-refractivity contribution >= 4 is 12.2 Å². The van der Waals surface area contributed by atoms with Crippen LogP contribution >= 0.6 is 0 Å². The van der Waals surface area contributed by atoms with Gasteiger partial charge in [0.25, 0.3) is 0 Å². The molecule has 0 bridgehead atoms. The van der Waals surface area contributed by atoms with E-state index in [0.717, 1.165) is 18.3 Å². The van der Waals surface area contributed by atoms with E-state index in [9.17, 15) is 9.59 Å². The Kier molecular flexibility index (Phi) is 2.55. The zero-order valence-electron chi connectivity index (χ0n) is 8.04. The number of amides is 1. The summed E-state index contributed by atoms with van der Waals surface area (Å²) >= 11 is 0. The van der Waals surface area contributed by atoms with Crippen molar-refractivity contribution in [1.29, 1.82) is 0 Å². The molecule has 1 aliphatic carbocycles. The van der Waals surface area contributed by atoms with Crippen molar-refractivity contribution < 1.29 is 9.59 Å². The van der Waals surface area contributed by atoms with Gasteiger partial charge in [0.15, 0.2) is 0 Å². The van der Waals surface area contributed by atoms with E-state index < -0.39 is 0 Å². The summed E-state index contributed by atoms with van der Waals surface area (Å²) in [5.41, 5.74) is 5.72. The second-order valence-corrected chi connectivity index (χ2v) is 4.10. The van der Waals surface area contributed by atoms with Gasteiger partial charge in [0, 0.05) is 6.42 Å². The minimum atomic E-state index is -0.293. The second kappa shape index (κ2) is 3.32. The molecule has 0 saturated carbocycles. The number of allylic oxidation sites excluding steroid dienone is 2. The number of carbonyl (C=O) groups excluding carboxylic acids is 2. The average molecular weight is 181 g/mol. The zero-order valence-corrected chi connectivity index (χ0v) is 8.04. The molecular formula is C10H15NO2. The largest absolute Gasteiger partial charge is 0.370 e. The lowest BCUT2D eigenvalue weighted by atomic mass is 9.76. The van der Waals surface area contributed by atoms with Crippen LogP contribution in [0.3, 0.4) is 0 Å². The van der Waals surface area contributed by atoms with Gasteiger partial charge in [-0.15, -0.1) is 0 Å². The predicted octanol–water partition coefficient (Wildman–Crippen LogP) is 1.03. The normalized spacial score (nSPS) is 25.4. The summed E-state index contributed by atoms with van der Waals surface area (Å²) in [5.74, 6) is -0.108. The summed E-state index contributed by atoms with van der Waals surface area (Å²) in [6.45, 7) is 3.96. The lowest BCUT2D eigenvalue weighted by molar-refractivity contribution is -0.119. The first-order chi connectivity index (χ1) is 5.98. The van der Waals surface area contributed by atoms with Gasteiger partial charge in [-0.2, -0.15) is 0 Å². The van der Waals surface area contributed by atoms with Crippen molar-refractivity contribution in [1.82, 2.24) is 0 Å². The van der Waals surface area contributed by atoms with Crippen molar-refractivity contribution in [3.63, 3.8) is 0 Å². The minimum absolute atomic E-state index is 0.185. The first kappa shape index (κ1) is 9.96. The summed E-state index contributed by atoms with van der Waals surface area (Å²) in [7, 11) is 0. The first-order valence-electron chi connectivity index (χ1n) is 4.42. The summed E-state index contributed by atoms with van der Waals surface area (Å²) in [5, 5.41) is 0. The maximum absolute atomic E-state index is 10.7. The lowest BCUT2D eigenvalue weighted by Gasteiger charge is -2.27. The van der Waals surface area contributed by atoms with Crippen LogP contribution in [0, 0.1) is 11.3 Å². The van der Waals surface area contributed by atoms with Crippen LogP contribution in [-0.2, 0) is 9.59 Å². The van der Waals surface area contributed by atoms with Crippen molar-refractivity contribution in [2.45, 2.75) is 26.7 Å². The van der Waals surface area contributed by atoms with Crippen LogP contribution in [0.2, 0.25) is 0 Å². The molecule has 3 nitrogen and oxygen atoms in total. The number of hydrogen-bond donors (Lipinski definition) is 1. The van der Waals surface area contributed by atoms with Gasteiger partial charge in [-0.1, -0.05) is 19.9 Å². The highest BCUT2D eigenvalue weighted by atomic mass is 16.1. The molecule has 1 atom stereocenters. The van der Waals surface area contributed by atoms with Crippen molar-refractivity contribution in [3.8, 4) is 0 Å². The van der Waals surface area contributed by atoms with Gasteiger partial charge in [-0.3, -0.25) is 9.59 Å². The molecular weight excluding hydrogens is 166 g/mol. The Labute approximate surface area is 78.0 Å². The number of aldehydes is 1. The zero-order chi connectivity index (χ0) is 10.1. The van der Waals surface area contributed by atoms with Gasteiger partial charge in [0.2, 0.25) is 5.91 Å². The van der Waals surface area contributed by atoms with Gasteiger partial charge in [0.1, 0.15) is 6.29 Å². The molecule has 3 heteroatoms. The third kappa shape index (κ3) is 1.79. The quantitative estimate of drug-likeness (QED) is 0.661. The molecule has 2 N–H and O–H groups in total. The Bertz CT molecular complexity index is 266. The van der Waals surface area contributed by atoms with Crippen molar-refractivity contribution in [2.75, 3.05) is 0 Å². The highest BCUT2D eigenvalue weighted by Gasteiger charge is 2.37. The molecule has 0 aliphatic heterocycles. The Morgan fingerprint density at radius 1 is 1.77 bits per heavy atom. The monoisotopic (exact) mass is 181 g/mol. The number of primary amides is 1. The van der Waals surface area contributed by atoms with Crippen LogP contribution in [0.25, 0.3) is 0 Å². The highest BCUT2D eigenvalue weighted by Crippen LogP contribution is 2.43. The molecule has 1 amide bonds. The van der Waals surface area contributed by atoms with E-state index in [2.05, 4.69) is 0 Å². The van der Waals surface area contributed by atoms with Crippen molar-refractivity contribution in [2.24, 2.45) is 17.1 Å². The lowest BCUT2D eigenvalue weighted by Crippen LogP contribution is -2.27. The van der Waals surface area contributed by atoms with Gasteiger partial charge < -0.3 is 5.73 Å². The number of carbonyl (C=O) groups is 2. The smallest absolute Gasteiger partial charge is 0.217 e. The molecule has 13 heavy (non-hydrogen) atoms. The fourth-order valence-electron chi connectivity index (χ4n) is 1.84. The molecule has 0 aromatic carbocycles. The minimum Gasteiger partial charge on any atom is -0.370 e. The van der Waals surface area contributed by atoms with E-state index in [-0.39, 0.29) is 17.2 Å². The summed E-state index contributed by atoms with van der Waals surface area (Å²) < 4.78 is 0. The third-order valence-electron chi connectivity index (χ3n) is 2.96. The Morgan fingerprint density at radius 3 is 2.77 bits per heavy atom. The maximum Gasteiger partial charge on any atom is 0.217 e. The number of rotatable bonds is 3. The van der Waals surface area contributed by atoms with E-state index in [1.165, 1.54) is 0 Å². The first-order valence-corrected chi connectivity index (χ1v) is 4.42. The van der Waals surface area contributed by atoms with Crippen LogP contribution in [0.4, 0.5) is 0 Å². The molecule has 0 unspecified atom stereocenters. The molecule has 0 saturated heterocycles. The maximum atomic E-state index is 10.7. The Hall–Kier alpha value is -1.12. The van der Waals surface area contributed by atoms with Gasteiger partial charge >= 0.3 is 0 Å². The SMILES string of the molecule is CC1(C)C(C=O)=CC[C@@H]1CC(N)=O. The van der Waals surface area contributed by atoms with E-state index >= 15 is 0 Å². The standard InChI is InChI=1S/C10H15NO2/c1-10(2)7(5-9(11)13)3-4-8(10)6-12/h4,6-7H,3,5H2,1-2H3,(H2,11,13)/t7-/m1/s1. The topological polar surface area (TPSA) is 60.2 Å². The Morgan fingerprint density at radius 2 is 2.38 bits per heavy atom. The number of hydrogen-bond acceptors (Lipinski definition) is 2. The average Bonchev–Trinajstić information content (AvgIpc) is 2.26. The molecule has 0 radical (unpaired) electrons. The fraction of sp³-hybridized carbons (Fsp3) is 0.600. The molecule has 0 aromatic rings. The van der Waals surface area contributed by atoms with Gasteiger partial charge in [0.05, 0.1) is 0 Å². The molecule has 1 rings (SSSR count). The third-order valence-corrected chi connectivity index (χ3v) is 2.96. The van der Waals surface area contributed by atoms with Crippen LogP contribution in [0.15, 0.2) is 11.6 Å². The van der Waals surface area contributed by atoms with Gasteiger partial charge in [-0.05, 0) is 23.3 Å². The molecule has 0 spiro atoms. The van der Waals surface area contributed by atoms with Gasteiger partial charge in [-0.25, -0.2) is 0 Å². The molecule has 1 aliphatic rings. The van der Waals surface area contributed by atoms with Crippen LogP contribution in [0.1, 0.15) is 26.7 Å². The van der Waals surface area contributed by atoms with Crippen molar-refractivity contribution in [3.05, 3.63) is 11.6 Å². The van der Waals surface area contributed by atoms with Crippen LogP contribution in [-0.4, -0.2) is 12.2 Å². The summed E-state index contributed by atoms with van der Waals surface area (Å²) in [6, 6.07) is 0. The fourth-order valence-corrected chi connectivity index (χ4v) is 1.84. The molecule has 0 aromatic heterocycles. The Balaban J connectivity index is 2.75. The predicted molar refractivity (Wildman–Crippen MR) is 49.8 cm³/mol. The summed E-state index contributed by atoms with van der Waals surface area (Å²) in [6.07, 6.45) is 3.92. The summed E-state index contributed by atoms with van der Waals surface area (Å²) in [4.78, 5) is 21.4. The van der Waals surface area contributed by atoms with Crippen LogP contribution in [0.5, 0.6) is 0 Å². The van der Waals surface area contributed by atoms with Crippen LogP contribution < -0.4 is 5.73 Å². The second-order valence-electron chi connectivity index (χ2n) is 4.10. The van der Waals surface area contributed by atoms with E-state index in [1.807, 2.05) is 19.9 Å². The van der Waals surface area contributed by atoms with E-state index in [1.54, 1.807) is 0 Å². The molecule has 0 fully saturated rings. The van der Waals surface area contributed by atoms with E-state index in [0.29, 0.717) is 6.42 Å². The molecule has 0 heterocycles.